The number of likely N-dealkylation sites (tertiary alicyclic amines) is 2. The Morgan fingerprint density at radius 3 is 2.68 bits per heavy atom. The molecule has 0 spiro atoms. The van der Waals surface area contributed by atoms with E-state index in [4.69, 9.17) is 0 Å². The van der Waals surface area contributed by atoms with Gasteiger partial charge >= 0.3 is 0 Å². The fraction of sp³-hybridized carbons (Fsp3) is 0.556. The Labute approximate surface area is 147 Å². The molecule has 2 aliphatic heterocycles. The van der Waals surface area contributed by atoms with Crippen LogP contribution in [-0.4, -0.2) is 61.1 Å². The van der Waals surface area contributed by atoms with E-state index in [1.165, 1.54) is 6.42 Å². The Bertz CT molecular complexity index is 730. The van der Waals surface area contributed by atoms with Gasteiger partial charge in [-0.2, -0.15) is 4.68 Å². The van der Waals surface area contributed by atoms with Crippen molar-refractivity contribution in [3.05, 3.63) is 36.2 Å². The van der Waals surface area contributed by atoms with Crippen molar-refractivity contribution < 1.29 is 4.79 Å². The molecule has 1 aromatic carbocycles. The first-order valence-corrected chi connectivity index (χ1v) is 9.08. The molecule has 3 heterocycles. The summed E-state index contributed by atoms with van der Waals surface area (Å²) in [6.45, 7) is 4.34. The number of hydrogen-bond donors (Lipinski definition) is 0. The maximum atomic E-state index is 11.9. The molecule has 25 heavy (non-hydrogen) atoms. The quantitative estimate of drug-likeness (QED) is 0.846. The van der Waals surface area contributed by atoms with Crippen LogP contribution in [0.3, 0.4) is 0 Å². The molecule has 0 radical (unpaired) electrons. The summed E-state index contributed by atoms with van der Waals surface area (Å²) in [5, 5.41) is 12.3. The Morgan fingerprint density at radius 2 is 1.88 bits per heavy atom. The van der Waals surface area contributed by atoms with E-state index in [9.17, 15) is 4.79 Å². The number of nitrogens with zero attached hydrogens (tertiary/aromatic N) is 6. The van der Waals surface area contributed by atoms with Gasteiger partial charge in [0.1, 0.15) is 0 Å². The third kappa shape index (κ3) is 3.16. The van der Waals surface area contributed by atoms with Crippen molar-refractivity contribution in [3.63, 3.8) is 0 Å². The number of benzene rings is 1. The number of carbonyl (C=O) groups is 1. The minimum absolute atomic E-state index is 0.198. The van der Waals surface area contributed by atoms with Crippen molar-refractivity contribution in [2.75, 3.05) is 13.1 Å². The van der Waals surface area contributed by atoms with Gasteiger partial charge in [-0.05, 0) is 54.8 Å². The van der Waals surface area contributed by atoms with Crippen molar-refractivity contribution in [1.82, 2.24) is 30.0 Å². The molecule has 0 bridgehead atoms. The summed E-state index contributed by atoms with van der Waals surface area (Å²) in [5.41, 5.74) is 0.976. The van der Waals surface area contributed by atoms with Crippen LogP contribution in [0.5, 0.6) is 0 Å². The molecule has 2 aromatic rings. The number of hydrogen-bond acceptors (Lipinski definition) is 5. The van der Waals surface area contributed by atoms with Crippen molar-refractivity contribution in [2.24, 2.45) is 0 Å². The number of carbonyl (C=O) groups excluding carboxylic acids is 1. The molecule has 2 fully saturated rings. The number of aromatic nitrogens is 4. The van der Waals surface area contributed by atoms with Gasteiger partial charge < -0.3 is 4.90 Å². The molecule has 7 heteroatoms. The van der Waals surface area contributed by atoms with Gasteiger partial charge in [0.25, 0.3) is 0 Å². The Morgan fingerprint density at radius 1 is 1.12 bits per heavy atom. The fourth-order valence-corrected chi connectivity index (χ4v) is 4.32. The van der Waals surface area contributed by atoms with Crippen molar-refractivity contribution in [1.29, 1.82) is 0 Å². The van der Waals surface area contributed by atoms with E-state index in [0.29, 0.717) is 12.1 Å². The topological polar surface area (TPSA) is 67.2 Å². The second kappa shape index (κ2) is 6.92. The third-order valence-corrected chi connectivity index (χ3v) is 5.44. The van der Waals surface area contributed by atoms with Crippen LogP contribution in [-0.2, 0) is 11.3 Å². The van der Waals surface area contributed by atoms with Gasteiger partial charge in [0.05, 0.1) is 12.2 Å². The average molecular weight is 340 g/mol. The molecule has 7 nitrogen and oxygen atoms in total. The van der Waals surface area contributed by atoms with Crippen LogP contribution in [0.25, 0.3) is 5.69 Å². The number of rotatable bonds is 4. The van der Waals surface area contributed by atoms with Crippen LogP contribution in [0.1, 0.15) is 38.4 Å². The molecule has 0 aliphatic carbocycles. The van der Waals surface area contributed by atoms with E-state index in [1.807, 2.05) is 35.0 Å². The molecule has 1 amide bonds. The summed E-state index contributed by atoms with van der Waals surface area (Å²) in [5.74, 6) is 1.05. The summed E-state index contributed by atoms with van der Waals surface area (Å²) >= 11 is 0. The van der Waals surface area contributed by atoms with Crippen LogP contribution in [0.4, 0.5) is 0 Å². The summed E-state index contributed by atoms with van der Waals surface area (Å²) in [6, 6.07) is 10.7. The van der Waals surface area contributed by atoms with E-state index in [-0.39, 0.29) is 5.91 Å². The minimum atomic E-state index is 0.198. The normalized spacial score (nSPS) is 24.1. The maximum Gasteiger partial charge on any atom is 0.219 e. The monoisotopic (exact) mass is 340 g/mol. The SMILES string of the molecule is CC(=O)N1CCCC1C1CCCN1Cc1nnnn1-c1ccccc1. The highest BCUT2D eigenvalue weighted by Crippen LogP contribution is 2.31. The zero-order valence-electron chi connectivity index (χ0n) is 14.6. The first-order chi connectivity index (χ1) is 12.2. The first-order valence-electron chi connectivity index (χ1n) is 9.08. The number of para-hydroxylation sites is 1. The number of tetrazole rings is 1. The predicted octanol–water partition coefficient (Wildman–Crippen LogP) is 1.64. The van der Waals surface area contributed by atoms with Crippen LogP contribution >= 0.6 is 0 Å². The largest absolute Gasteiger partial charge is 0.338 e. The zero-order chi connectivity index (χ0) is 17.2. The molecule has 0 N–H and O–H groups in total. The molecular weight excluding hydrogens is 316 g/mol. The summed E-state index contributed by atoms with van der Waals surface area (Å²) in [7, 11) is 0. The molecule has 4 rings (SSSR count). The minimum Gasteiger partial charge on any atom is -0.338 e. The molecule has 0 saturated carbocycles. The Kier molecular flexibility index (Phi) is 4.48. The maximum absolute atomic E-state index is 11.9. The Balaban J connectivity index is 1.53. The lowest BCUT2D eigenvalue weighted by molar-refractivity contribution is -0.130. The second-order valence-electron chi connectivity index (χ2n) is 6.94. The number of amides is 1. The van der Waals surface area contributed by atoms with Crippen LogP contribution in [0.2, 0.25) is 0 Å². The van der Waals surface area contributed by atoms with Gasteiger partial charge in [0.2, 0.25) is 5.91 Å². The molecule has 132 valence electrons. The van der Waals surface area contributed by atoms with E-state index in [1.54, 1.807) is 6.92 Å². The molecule has 2 unspecified atom stereocenters. The van der Waals surface area contributed by atoms with E-state index in [2.05, 4.69) is 25.3 Å². The Hall–Kier alpha value is -2.28. The van der Waals surface area contributed by atoms with Crippen LogP contribution in [0.15, 0.2) is 30.3 Å². The van der Waals surface area contributed by atoms with Gasteiger partial charge in [0.15, 0.2) is 5.82 Å². The van der Waals surface area contributed by atoms with E-state index < -0.39 is 0 Å². The average Bonchev–Trinajstić information content (AvgIpc) is 3.36. The summed E-state index contributed by atoms with van der Waals surface area (Å²) in [6.07, 6.45) is 4.52. The highest BCUT2D eigenvalue weighted by molar-refractivity contribution is 5.74. The lowest BCUT2D eigenvalue weighted by atomic mass is 10.0. The van der Waals surface area contributed by atoms with Gasteiger partial charge in [0, 0.05) is 25.6 Å². The first kappa shape index (κ1) is 16.2. The summed E-state index contributed by atoms with van der Waals surface area (Å²) < 4.78 is 1.81. The highest BCUT2D eigenvalue weighted by Gasteiger charge is 2.39. The molecule has 2 saturated heterocycles. The van der Waals surface area contributed by atoms with E-state index >= 15 is 0 Å². The van der Waals surface area contributed by atoms with Gasteiger partial charge in [-0.1, -0.05) is 18.2 Å². The third-order valence-electron chi connectivity index (χ3n) is 5.44. The molecule has 1 aromatic heterocycles. The van der Waals surface area contributed by atoms with E-state index in [0.717, 1.165) is 50.4 Å². The molecular formula is C18H24N6O. The smallest absolute Gasteiger partial charge is 0.219 e. The lowest BCUT2D eigenvalue weighted by Crippen LogP contribution is -2.47. The zero-order valence-corrected chi connectivity index (χ0v) is 14.6. The summed E-state index contributed by atoms with van der Waals surface area (Å²) in [4.78, 5) is 16.5. The van der Waals surface area contributed by atoms with Crippen molar-refractivity contribution in [3.8, 4) is 5.69 Å². The highest BCUT2D eigenvalue weighted by atomic mass is 16.2. The second-order valence-corrected chi connectivity index (χ2v) is 6.94. The lowest BCUT2D eigenvalue weighted by Gasteiger charge is -2.34. The standard InChI is InChI=1S/C18H24N6O/c1-14(25)23-12-6-10-17(23)16-9-5-11-22(16)13-18-19-20-21-24(18)15-7-3-2-4-8-15/h2-4,7-8,16-17H,5-6,9-13H2,1H3. The molecule has 2 atom stereocenters. The van der Waals surface area contributed by atoms with Crippen molar-refractivity contribution in [2.45, 2.75) is 51.2 Å². The van der Waals surface area contributed by atoms with Gasteiger partial charge in [-0.25, -0.2) is 0 Å². The van der Waals surface area contributed by atoms with Crippen LogP contribution < -0.4 is 0 Å². The predicted molar refractivity (Wildman–Crippen MR) is 93.0 cm³/mol. The van der Waals surface area contributed by atoms with Gasteiger partial charge in [-0.15, -0.1) is 5.10 Å². The van der Waals surface area contributed by atoms with Crippen molar-refractivity contribution >= 4 is 5.91 Å². The fourth-order valence-electron chi connectivity index (χ4n) is 4.32. The molecule has 2 aliphatic rings. The van der Waals surface area contributed by atoms with Crippen LogP contribution in [0, 0.1) is 0 Å². The van der Waals surface area contributed by atoms with Gasteiger partial charge in [-0.3, -0.25) is 9.69 Å².